The maximum absolute atomic E-state index is 12.2. The van der Waals surface area contributed by atoms with Crippen LogP contribution in [0.25, 0.3) is 0 Å². The molecule has 0 spiro atoms. The van der Waals surface area contributed by atoms with Gasteiger partial charge >= 0.3 is 0 Å². The highest BCUT2D eigenvalue weighted by molar-refractivity contribution is 8.15. The molecule has 1 atom stereocenters. The minimum absolute atomic E-state index is 0.0469. The van der Waals surface area contributed by atoms with Crippen molar-refractivity contribution < 1.29 is 14.3 Å². The van der Waals surface area contributed by atoms with Crippen molar-refractivity contribution in [3.8, 4) is 11.5 Å². The zero-order chi connectivity index (χ0) is 22.2. The van der Waals surface area contributed by atoms with Gasteiger partial charge in [-0.3, -0.25) is 4.79 Å². The lowest BCUT2D eigenvalue weighted by Gasteiger charge is -2.11. The highest BCUT2D eigenvalue weighted by atomic mass is 32.2. The van der Waals surface area contributed by atoms with Crippen molar-refractivity contribution in [1.29, 1.82) is 0 Å². The molecule has 4 rings (SSSR count). The van der Waals surface area contributed by atoms with Crippen LogP contribution in [-0.2, 0) is 17.8 Å². The van der Waals surface area contributed by atoms with Crippen LogP contribution in [0.2, 0.25) is 0 Å². The lowest BCUT2D eigenvalue weighted by molar-refractivity contribution is -0.118. The van der Waals surface area contributed by atoms with Crippen molar-refractivity contribution in [1.82, 2.24) is 5.32 Å². The SMILES string of the molecule is COc1cc(/C=N\N=C2\NC(=O)[C@@H](Cc3ccccc3)S2)ccc1OCc1ccccc1. The van der Waals surface area contributed by atoms with Gasteiger partial charge in [-0.1, -0.05) is 72.4 Å². The molecular weight excluding hydrogens is 422 g/mol. The largest absolute Gasteiger partial charge is 0.493 e. The molecule has 0 aromatic heterocycles. The van der Waals surface area contributed by atoms with E-state index in [0.29, 0.717) is 29.7 Å². The van der Waals surface area contributed by atoms with Crippen LogP contribution < -0.4 is 14.8 Å². The van der Waals surface area contributed by atoms with E-state index in [-0.39, 0.29) is 11.2 Å². The monoisotopic (exact) mass is 445 g/mol. The lowest BCUT2D eigenvalue weighted by atomic mass is 10.1. The second-order valence-electron chi connectivity index (χ2n) is 7.12. The number of carbonyl (C=O) groups excluding carboxylic acids is 1. The smallest absolute Gasteiger partial charge is 0.239 e. The molecule has 1 fully saturated rings. The summed E-state index contributed by atoms with van der Waals surface area (Å²) in [6.07, 6.45) is 2.27. The van der Waals surface area contributed by atoms with Gasteiger partial charge in [0.25, 0.3) is 0 Å². The van der Waals surface area contributed by atoms with E-state index in [4.69, 9.17) is 9.47 Å². The van der Waals surface area contributed by atoms with Crippen LogP contribution in [0, 0.1) is 0 Å². The Hall–Kier alpha value is -3.58. The van der Waals surface area contributed by atoms with E-state index < -0.39 is 0 Å². The second-order valence-corrected chi connectivity index (χ2v) is 8.31. The fourth-order valence-corrected chi connectivity index (χ4v) is 4.15. The van der Waals surface area contributed by atoms with Gasteiger partial charge in [-0.15, -0.1) is 5.10 Å². The van der Waals surface area contributed by atoms with Gasteiger partial charge < -0.3 is 14.8 Å². The summed E-state index contributed by atoms with van der Waals surface area (Å²) in [5.41, 5.74) is 3.01. The number of hydrogen-bond donors (Lipinski definition) is 1. The standard InChI is InChI=1S/C25H23N3O3S/c1-30-22-14-20(12-13-21(22)31-17-19-10-6-3-7-11-19)16-26-28-25-27-24(29)23(32-25)15-18-8-4-2-5-9-18/h2-14,16,23H,15,17H2,1H3,(H,27,28,29)/b26-16-/t23-/m1/s1. The molecule has 7 heteroatoms. The van der Waals surface area contributed by atoms with Gasteiger partial charge in [0.2, 0.25) is 5.91 Å². The number of nitrogens with one attached hydrogen (secondary N) is 1. The average molecular weight is 446 g/mol. The van der Waals surface area contributed by atoms with Crippen LogP contribution in [0.15, 0.2) is 89.1 Å². The first-order valence-corrected chi connectivity index (χ1v) is 11.1. The molecule has 1 heterocycles. The van der Waals surface area contributed by atoms with Crippen LogP contribution in [0.3, 0.4) is 0 Å². The number of methoxy groups -OCH3 is 1. The zero-order valence-corrected chi connectivity index (χ0v) is 18.4. The third-order valence-corrected chi connectivity index (χ3v) is 5.89. The number of ether oxygens (including phenoxy) is 2. The molecule has 0 aliphatic carbocycles. The fraction of sp³-hybridized carbons (Fsp3) is 0.160. The number of benzene rings is 3. The van der Waals surface area contributed by atoms with Crippen LogP contribution in [0.4, 0.5) is 0 Å². The van der Waals surface area contributed by atoms with Gasteiger partial charge in [0.05, 0.1) is 18.6 Å². The minimum Gasteiger partial charge on any atom is -0.493 e. The van der Waals surface area contributed by atoms with E-state index in [2.05, 4.69) is 15.5 Å². The molecule has 3 aromatic rings. The quantitative estimate of drug-likeness (QED) is 0.411. The number of amidine groups is 1. The van der Waals surface area contributed by atoms with Crippen LogP contribution in [0.1, 0.15) is 16.7 Å². The summed E-state index contributed by atoms with van der Waals surface area (Å²) in [7, 11) is 1.60. The average Bonchev–Trinajstić information content (AvgIpc) is 3.18. The first-order chi connectivity index (χ1) is 15.7. The second kappa shape index (κ2) is 10.6. The first-order valence-electron chi connectivity index (χ1n) is 10.2. The molecular formula is C25H23N3O3S. The van der Waals surface area contributed by atoms with E-state index in [0.717, 1.165) is 16.7 Å². The topological polar surface area (TPSA) is 72.3 Å². The van der Waals surface area contributed by atoms with Crippen molar-refractivity contribution in [3.63, 3.8) is 0 Å². The molecule has 0 bridgehead atoms. The van der Waals surface area contributed by atoms with Crippen molar-refractivity contribution in [2.24, 2.45) is 10.2 Å². The number of amides is 1. The summed E-state index contributed by atoms with van der Waals surface area (Å²) in [5, 5.41) is 11.4. The summed E-state index contributed by atoms with van der Waals surface area (Å²) < 4.78 is 11.3. The molecule has 0 unspecified atom stereocenters. The van der Waals surface area contributed by atoms with Crippen molar-refractivity contribution in [3.05, 3.63) is 95.6 Å². The normalized spacial score (nSPS) is 17.0. The summed E-state index contributed by atoms with van der Waals surface area (Å²) >= 11 is 1.39. The molecule has 1 aliphatic rings. The van der Waals surface area contributed by atoms with Gasteiger partial charge in [0.15, 0.2) is 16.7 Å². The maximum Gasteiger partial charge on any atom is 0.239 e. The Bertz CT molecular complexity index is 1120. The Morgan fingerprint density at radius 3 is 2.41 bits per heavy atom. The van der Waals surface area contributed by atoms with E-state index in [1.807, 2.05) is 78.9 Å². The van der Waals surface area contributed by atoms with Crippen LogP contribution >= 0.6 is 11.8 Å². The molecule has 0 radical (unpaired) electrons. The molecule has 0 saturated carbocycles. The molecule has 32 heavy (non-hydrogen) atoms. The van der Waals surface area contributed by atoms with E-state index >= 15 is 0 Å². The minimum atomic E-state index is -0.201. The molecule has 162 valence electrons. The highest BCUT2D eigenvalue weighted by Gasteiger charge is 2.30. The zero-order valence-electron chi connectivity index (χ0n) is 17.6. The van der Waals surface area contributed by atoms with Crippen LogP contribution in [-0.4, -0.2) is 29.6 Å². The highest BCUT2D eigenvalue weighted by Crippen LogP contribution is 2.28. The maximum atomic E-state index is 12.2. The van der Waals surface area contributed by atoms with Crippen molar-refractivity contribution in [2.45, 2.75) is 18.3 Å². The molecule has 3 aromatic carbocycles. The number of nitrogens with zero attached hydrogens (tertiary/aromatic N) is 2. The van der Waals surface area contributed by atoms with Gasteiger partial charge in [0, 0.05) is 0 Å². The third-order valence-electron chi connectivity index (χ3n) is 4.82. The molecule has 1 N–H and O–H groups in total. The molecule has 1 amide bonds. The predicted molar refractivity (Wildman–Crippen MR) is 128 cm³/mol. The lowest BCUT2D eigenvalue weighted by Crippen LogP contribution is -2.25. The summed E-state index contributed by atoms with van der Waals surface area (Å²) in [5.74, 6) is 1.22. The van der Waals surface area contributed by atoms with E-state index in [1.165, 1.54) is 11.8 Å². The Labute approximate surface area is 191 Å². The van der Waals surface area contributed by atoms with Crippen molar-refractivity contribution in [2.75, 3.05) is 7.11 Å². The Morgan fingerprint density at radius 2 is 1.69 bits per heavy atom. The number of rotatable bonds is 8. The molecule has 6 nitrogen and oxygen atoms in total. The Morgan fingerprint density at radius 1 is 0.969 bits per heavy atom. The number of carbonyl (C=O) groups is 1. The fourth-order valence-electron chi connectivity index (χ4n) is 3.18. The van der Waals surface area contributed by atoms with E-state index in [1.54, 1.807) is 13.3 Å². The summed E-state index contributed by atoms with van der Waals surface area (Å²) in [6, 6.07) is 25.4. The number of hydrogen-bond acceptors (Lipinski definition) is 6. The third kappa shape index (κ3) is 5.76. The van der Waals surface area contributed by atoms with Gasteiger partial charge in [-0.25, -0.2) is 0 Å². The van der Waals surface area contributed by atoms with Gasteiger partial charge in [0.1, 0.15) is 6.61 Å². The van der Waals surface area contributed by atoms with Crippen molar-refractivity contribution >= 4 is 29.1 Å². The van der Waals surface area contributed by atoms with E-state index in [9.17, 15) is 4.79 Å². The summed E-state index contributed by atoms with van der Waals surface area (Å²) in [6.45, 7) is 0.458. The predicted octanol–water partition coefficient (Wildman–Crippen LogP) is 4.44. The molecule has 1 saturated heterocycles. The number of thioether (sulfide) groups is 1. The Kier molecular flexibility index (Phi) is 7.19. The van der Waals surface area contributed by atoms with Gasteiger partial charge in [-0.2, -0.15) is 5.10 Å². The molecule has 1 aliphatic heterocycles. The summed E-state index contributed by atoms with van der Waals surface area (Å²) in [4.78, 5) is 12.2. The Balaban J connectivity index is 1.36. The van der Waals surface area contributed by atoms with Crippen LogP contribution in [0.5, 0.6) is 11.5 Å². The van der Waals surface area contributed by atoms with Gasteiger partial charge in [-0.05, 0) is 41.3 Å². The first kappa shape index (κ1) is 21.6.